The van der Waals surface area contributed by atoms with Crippen LogP contribution in [0.25, 0.3) is 0 Å². The Morgan fingerprint density at radius 2 is 1.89 bits per heavy atom. The van der Waals surface area contributed by atoms with E-state index in [0.717, 1.165) is 25.7 Å². The predicted molar refractivity (Wildman–Crippen MR) is 65.8 cm³/mol. The second-order valence-electron chi connectivity index (χ2n) is 4.67. The second kappa shape index (κ2) is 5.50. The number of benzene rings is 1. The lowest BCUT2D eigenvalue weighted by atomic mass is 9.80. The van der Waals surface area contributed by atoms with Crippen LogP contribution in [0.1, 0.15) is 31.2 Å². The Morgan fingerprint density at radius 3 is 2.39 bits per heavy atom. The number of methoxy groups -OCH3 is 1. The number of ether oxygens (including phenoxy) is 1. The van der Waals surface area contributed by atoms with E-state index in [4.69, 9.17) is 4.74 Å². The molecule has 1 atom stereocenters. The van der Waals surface area contributed by atoms with Crippen molar-refractivity contribution in [3.8, 4) is 0 Å². The van der Waals surface area contributed by atoms with E-state index in [1.807, 2.05) is 18.2 Å². The molecule has 0 aromatic heterocycles. The highest BCUT2D eigenvalue weighted by Gasteiger charge is 2.51. The molecule has 1 fully saturated rings. The number of hydrogen-bond donors (Lipinski definition) is 1. The first-order valence-electron chi connectivity index (χ1n) is 6.22. The number of rotatable bonds is 4. The lowest BCUT2D eigenvalue weighted by Gasteiger charge is -2.33. The Morgan fingerprint density at radius 1 is 1.28 bits per heavy atom. The van der Waals surface area contributed by atoms with Crippen molar-refractivity contribution in [2.45, 2.75) is 31.3 Å². The Balaban J connectivity index is 2.46. The monoisotopic (exact) mass is 250 g/mol. The van der Waals surface area contributed by atoms with Crippen LogP contribution in [-0.2, 0) is 20.0 Å². The average Bonchev–Trinajstić information content (AvgIpc) is 2.95. The molecule has 0 saturated heterocycles. The van der Waals surface area contributed by atoms with E-state index in [0.29, 0.717) is 5.56 Å². The first-order chi connectivity index (χ1) is 8.75. The smallest absolute Gasteiger partial charge is 0.346 e. The maximum atomic E-state index is 12.1. The van der Waals surface area contributed by atoms with Gasteiger partial charge in [0, 0.05) is 5.92 Å². The van der Waals surface area contributed by atoms with Gasteiger partial charge >= 0.3 is 5.97 Å². The Hall–Kier alpha value is -1.39. The van der Waals surface area contributed by atoms with E-state index in [9.17, 15) is 10.1 Å². The number of esters is 1. The van der Waals surface area contributed by atoms with E-state index in [1.54, 1.807) is 12.1 Å². The minimum Gasteiger partial charge on any atom is -0.467 e. The van der Waals surface area contributed by atoms with Crippen LogP contribution < -0.4 is 0 Å². The van der Waals surface area contributed by atoms with Gasteiger partial charge in [0.1, 0.15) is 0 Å². The summed E-state index contributed by atoms with van der Waals surface area (Å²) in [5, 5.41) is 9.39. The molecule has 0 bridgehead atoms. The molecule has 98 valence electrons. The molecule has 18 heavy (non-hydrogen) atoms. The first kappa shape index (κ1) is 13.1. The summed E-state index contributed by atoms with van der Waals surface area (Å²) in [6, 6.07) is 9.07. The van der Waals surface area contributed by atoms with Crippen LogP contribution in [0.15, 0.2) is 30.3 Å². The quantitative estimate of drug-likeness (QED) is 0.507. The Labute approximate surface area is 106 Å². The molecular formula is C14H18O4. The Kier molecular flexibility index (Phi) is 3.99. The molecule has 1 unspecified atom stereocenters. The molecule has 4 nitrogen and oxygen atoms in total. The number of carbonyl (C=O) groups is 1. The minimum absolute atomic E-state index is 0.0441. The van der Waals surface area contributed by atoms with Gasteiger partial charge in [0.15, 0.2) is 0 Å². The fraction of sp³-hybridized carbons (Fsp3) is 0.500. The first-order valence-corrected chi connectivity index (χ1v) is 6.22. The van der Waals surface area contributed by atoms with Gasteiger partial charge in [-0.2, -0.15) is 0 Å². The molecule has 0 amide bonds. The molecule has 4 heteroatoms. The molecule has 1 N–H and O–H groups in total. The zero-order valence-electron chi connectivity index (χ0n) is 10.5. The normalized spacial score (nSPS) is 19.4. The van der Waals surface area contributed by atoms with Gasteiger partial charge < -0.3 is 4.74 Å². The van der Waals surface area contributed by atoms with Crippen molar-refractivity contribution in [1.82, 2.24) is 0 Å². The zero-order chi connectivity index (χ0) is 13.0. The summed E-state index contributed by atoms with van der Waals surface area (Å²) >= 11 is 0. The average molecular weight is 250 g/mol. The molecular weight excluding hydrogens is 232 g/mol. The highest BCUT2D eigenvalue weighted by Crippen LogP contribution is 2.43. The van der Waals surface area contributed by atoms with Crippen molar-refractivity contribution >= 4 is 5.97 Å². The maximum Gasteiger partial charge on any atom is 0.346 e. The summed E-state index contributed by atoms with van der Waals surface area (Å²) in [6.07, 6.45) is 3.79. The van der Waals surface area contributed by atoms with E-state index >= 15 is 0 Å². The van der Waals surface area contributed by atoms with Gasteiger partial charge in [0.2, 0.25) is 5.60 Å². The number of hydrogen-bond acceptors (Lipinski definition) is 4. The predicted octanol–water partition coefficient (Wildman–Crippen LogP) is 2.73. The van der Waals surface area contributed by atoms with Gasteiger partial charge in [-0.05, 0) is 18.4 Å². The minimum atomic E-state index is -1.38. The van der Waals surface area contributed by atoms with Crippen LogP contribution in [0, 0.1) is 5.92 Å². The molecule has 0 spiro atoms. The van der Waals surface area contributed by atoms with Crippen LogP contribution in [0.4, 0.5) is 0 Å². The largest absolute Gasteiger partial charge is 0.467 e. The van der Waals surface area contributed by atoms with Crippen molar-refractivity contribution < 1.29 is 19.7 Å². The summed E-state index contributed by atoms with van der Waals surface area (Å²) in [6.45, 7) is 0. The van der Waals surface area contributed by atoms with Crippen molar-refractivity contribution in [3.05, 3.63) is 35.9 Å². The highest BCUT2D eigenvalue weighted by atomic mass is 17.1. The molecule has 1 aromatic rings. The van der Waals surface area contributed by atoms with Crippen molar-refractivity contribution in [2.75, 3.05) is 7.11 Å². The topological polar surface area (TPSA) is 55.8 Å². The van der Waals surface area contributed by atoms with Gasteiger partial charge in [-0.25, -0.2) is 9.68 Å². The summed E-state index contributed by atoms with van der Waals surface area (Å²) in [7, 11) is 1.31. The van der Waals surface area contributed by atoms with Crippen LogP contribution in [0.5, 0.6) is 0 Å². The summed E-state index contributed by atoms with van der Waals surface area (Å²) in [5.74, 6) is -0.583. The van der Waals surface area contributed by atoms with E-state index in [2.05, 4.69) is 4.89 Å². The SMILES string of the molecule is COC(=O)C(OO)(c1ccccc1)C1CCCC1. The molecule has 1 saturated carbocycles. The standard InChI is InChI=1S/C14H18O4/c1-17-13(15)14(18-16,12-9-5-6-10-12)11-7-3-2-4-8-11/h2-4,7-8,12,16H,5-6,9-10H2,1H3. The van der Waals surface area contributed by atoms with Gasteiger partial charge in [-0.15, -0.1) is 0 Å². The van der Waals surface area contributed by atoms with Crippen LogP contribution in [0.3, 0.4) is 0 Å². The number of carbonyl (C=O) groups excluding carboxylic acids is 1. The van der Waals surface area contributed by atoms with Crippen molar-refractivity contribution in [1.29, 1.82) is 0 Å². The third-order valence-electron chi connectivity index (χ3n) is 3.77. The lowest BCUT2D eigenvalue weighted by Crippen LogP contribution is -2.45. The summed E-state index contributed by atoms with van der Waals surface area (Å²) < 4.78 is 4.85. The third kappa shape index (κ3) is 2.02. The van der Waals surface area contributed by atoms with E-state index < -0.39 is 11.6 Å². The summed E-state index contributed by atoms with van der Waals surface area (Å²) in [5.41, 5.74) is -0.738. The zero-order valence-corrected chi connectivity index (χ0v) is 10.5. The van der Waals surface area contributed by atoms with Gasteiger partial charge in [-0.1, -0.05) is 43.2 Å². The molecule has 0 heterocycles. The molecule has 0 aliphatic heterocycles. The third-order valence-corrected chi connectivity index (χ3v) is 3.77. The molecule has 2 rings (SSSR count). The lowest BCUT2D eigenvalue weighted by molar-refractivity contribution is -0.336. The van der Waals surface area contributed by atoms with Crippen molar-refractivity contribution in [2.24, 2.45) is 5.92 Å². The highest BCUT2D eigenvalue weighted by molar-refractivity contribution is 5.81. The second-order valence-corrected chi connectivity index (χ2v) is 4.67. The van der Waals surface area contributed by atoms with Crippen molar-refractivity contribution in [3.63, 3.8) is 0 Å². The van der Waals surface area contributed by atoms with Crippen LogP contribution in [0.2, 0.25) is 0 Å². The molecule has 1 aromatic carbocycles. The van der Waals surface area contributed by atoms with Crippen LogP contribution in [-0.4, -0.2) is 18.3 Å². The fourth-order valence-corrected chi connectivity index (χ4v) is 2.85. The molecule has 0 radical (unpaired) electrons. The van der Waals surface area contributed by atoms with Gasteiger partial charge in [-0.3, -0.25) is 5.26 Å². The molecule has 1 aliphatic carbocycles. The fourth-order valence-electron chi connectivity index (χ4n) is 2.85. The summed E-state index contributed by atoms with van der Waals surface area (Å²) in [4.78, 5) is 16.8. The van der Waals surface area contributed by atoms with E-state index in [1.165, 1.54) is 7.11 Å². The van der Waals surface area contributed by atoms with E-state index in [-0.39, 0.29) is 5.92 Å². The van der Waals surface area contributed by atoms with Gasteiger partial charge in [0.05, 0.1) is 7.11 Å². The van der Waals surface area contributed by atoms with Gasteiger partial charge in [0.25, 0.3) is 0 Å². The maximum absolute atomic E-state index is 12.1. The molecule has 1 aliphatic rings. The van der Waals surface area contributed by atoms with Crippen LogP contribution >= 0.6 is 0 Å². The Bertz CT molecular complexity index is 398.